The zero-order valence-corrected chi connectivity index (χ0v) is 15.7. The molecule has 2 nitrogen and oxygen atoms in total. The minimum absolute atomic E-state index is 0.121. The molecule has 0 aromatic heterocycles. The summed E-state index contributed by atoms with van der Waals surface area (Å²) >= 11 is 0. The van der Waals surface area contributed by atoms with E-state index < -0.39 is 0 Å². The highest BCUT2D eigenvalue weighted by atomic mass is 16.5. The second kappa shape index (κ2) is 8.46. The first-order valence-electron chi connectivity index (χ1n) is 8.88. The lowest BCUT2D eigenvalue weighted by molar-refractivity contribution is 0.0176. The molecule has 130 valence electrons. The summed E-state index contributed by atoms with van der Waals surface area (Å²) in [5, 5.41) is 0. The van der Waals surface area contributed by atoms with Gasteiger partial charge in [-0.2, -0.15) is 0 Å². The van der Waals surface area contributed by atoms with Crippen LogP contribution in [0.2, 0.25) is 0 Å². The molecule has 0 bridgehead atoms. The normalized spacial score (nSPS) is 14.2. The summed E-state index contributed by atoms with van der Waals surface area (Å²) < 4.78 is 11.7. The van der Waals surface area contributed by atoms with Gasteiger partial charge in [-0.3, -0.25) is 0 Å². The maximum atomic E-state index is 5.84. The van der Waals surface area contributed by atoms with Crippen LogP contribution in [0.4, 0.5) is 0 Å². The van der Waals surface area contributed by atoms with Crippen molar-refractivity contribution < 1.29 is 9.47 Å². The van der Waals surface area contributed by atoms with Crippen LogP contribution in [0.3, 0.4) is 0 Å². The fourth-order valence-electron chi connectivity index (χ4n) is 2.87. The van der Waals surface area contributed by atoms with Crippen LogP contribution >= 0.6 is 0 Å². The van der Waals surface area contributed by atoms with E-state index in [9.17, 15) is 0 Å². The molecule has 0 N–H and O–H groups in total. The molecule has 0 fully saturated rings. The Morgan fingerprint density at radius 1 is 0.500 bits per heavy atom. The van der Waals surface area contributed by atoms with Crippen LogP contribution in [0.5, 0.6) is 0 Å². The average Bonchev–Trinajstić information content (AvgIpc) is 2.54. The Balaban J connectivity index is 2.09. The lowest BCUT2D eigenvalue weighted by Crippen LogP contribution is -2.07. The molecular formula is C22H30O2. The molecule has 0 heterocycles. The van der Waals surface area contributed by atoms with Crippen molar-refractivity contribution in [3.63, 3.8) is 0 Å². The van der Waals surface area contributed by atoms with Gasteiger partial charge in [-0.15, -0.1) is 0 Å². The van der Waals surface area contributed by atoms with Crippen molar-refractivity contribution >= 4 is 0 Å². The van der Waals surface area contributed by atoms with Gasteiger partial charge in [-0.1, -0.05) is 48.5 Å². The smallest absolute Gasteiger partial charge is 0.0800 e. The van der Waals surface area contributed by atoms with Gasteiger partial charge in [0.1, 0.15) is 0 Å². The highest BCUT2D eigenvalue weighted by molar-refractivity contribution is 5.64. The molecule has 0 spiro atoms. The minimum Gasteiger partial charge on any atom is -0.371 e. The largest absolute Gasteiger partial charge is 0.371 e. The predicted molar refractivity (Wildman–Crippen MR) is 101 cm³/mol. The molecule has 2 aromatic rings. The molecule has 2 heteroatoms. The zero-order valence-electron chi connectivity index (χ0n) is 15.7. The van der Waals surface area contributed by atoms with E-state index in [-0.39, 0.29) is 24.4 Å². The third-order valence-corrected chi connectivity index (χ3v) is 4.05. The third kappa shape index (κ3) is 5.19. The highest BCUT2D eigenvalue weighted by Gasteiger charge is 2.10. The second-order valence-corrected chi connectivity index (χ2v) is 6.90. The Hall–Kier alpha value is -1.64. The van der Waals surface area contributed by atoms with Crippen molar-refractivity contribution in [1.29, 1.82) is 0 Å². The maximum Gasteiger partial charge on any atom is 0.0800 e. The van der Waals surface area contributed by atoms with E-state index in [1.807, 2.05) is 0 Å². The third-order valence-electron chi connectivity index (χ3n) is 4.05. The van der Waals surface area contributed by atoms with E-state index in [0.29, 0.717) is 0 Å². The van der Waals surface area contributed by atoms with Gasteiger partial charge >= 0.3 is 0 Å². The number of rotatable bonds is 7. The fraction of sp³-hybridized carbons (Fsp3) is 0.455. The monoisotopic (exact) mass is 326 g/mol. The van der Waals surface area contributed by atoms with Crippen molar-refractivity contribution in [2.75, 3.05) is 0 Å². The number of benzene rings is 2. The predicted octanol–water partition coefficient (Wildman–Crippen LogP) is 6.33. The molecule has 0 aliphatic heterocycles. The first kappa shape index (κ1) is 18.7. The van der Waals surface area contributed by atoms with Crippen molar-refractivity contribution in [1.82, 2.24) is 0 Å². The summed E-state index contributed by atoms with van der Waals surface area (Å²) in [7, 11) is 0. The molecule has 0 amide bonds. The molecule has 2 atom stereocenters. The molecule has 24 heavy (non-hydrogen) atoms. The van der Waals surface area contributed by atoms with Crippen molar-refractivity contribution in [2.45, 2.75) is 66.0 Å². The summed E-state index contributed by atoms with van der Waals surface area (Å²) in [6, 6.07) is 17.3. The molecular weight excluding hydrogens is 296 g/mol. The van der Waals surface area contributed by atoms with Gasteiger partial charge in [0.05, 0.1) is 24.4 Å². The van der Waals surface area contributed by atoms with Gasteiger partial charge in [0.25, 0.3) is 0 Å². The molecule has 2 unspecified atom stereocenters. The van der Waals surface area contributed by atoms with Gasteiger partial charge in [0, 0.05) is 0 Å². The summed E-state index contributed by atoms with van der Waals surface area (Å²) in [4.78, 5) is 0. The van der Waals surface area contributed by atoms with E-state index in [0.717, 1.165) is 0 Å². The lowest BCUT2D eigenvalue weighted by Gasteiger charge is -2.17. The SMILES string of the molecule is CC(C)OC(C)c1ccc(-c2ccc(C(C)OC(C)C)cc2)cc1. The lowest BCUT2D eigenvalue weighted by atomic mass is 10.00. The molecule has 0 saturated heterocycles. The maximum absolute atomic E-state index is 5.84. The Morgan fingerprint density at radius 2 is 0.792 bits per heavy atom. The number of ether oxygens (including phenoxy) is 2. The molecule has 0 radical (unpaired) electrons. The van der Waals surface area contributed by atoms with Crippen LogP contribution in [-0.2, 0) is 9.47 Å². The highest BCUT2D eigenvalue weighted by Crippen LogP contribution is 2.26. The quantitative estimate of drug-likeness (QED) is 0.592. The standard InChI is InChI=1S/C22H30O2/c1-15(2)23-17(5)19-7-11-21(12-8-19)22-13-9-20(10-14-22)18(6)24-16(3)4/h7-18H,1-6H3. The molecule has 0 aliphatic carbocycles. The first-order valence-corrected chi connectivity index (χ1v) is 8.88. The molecule has 0 aliphatic rings. The number of hydrogen-bond acceptors (Lipinski definition) is 2. The number of hydrogen-bond donors (Lipinski definition) is 0. The van der Waals surface area contributed by atoms with Gasteiger partial charge in [-0.05, 0) is 63.8 Å². The summed E-state index contributed by atoms with van der Waals surface area (Å²) in [6.07, 6.45) is 0.718. The van der Waals surface area contributed by atoms with Crippen LogP contribution in [-0.4, -0.2) is 12.2 Å². The Kier molecular flexibility index (Phi) is 6.59. The Labute approximate surface area is 146 Å². The van der Waals surface area contributed by atoms with E-state index in [1.54, 1.807) is 0 Å². The topological polar surface area (TPSA) is 18.5 Å². The summed E-state index contributed by atoms with van der Waals surface area (Å²) in [5.74, 6) is 0. The summed E-state index contributed by atoms with van der Waals surface area (Å²) in [5.41, 5.74) is 4.87. The van der Waals surface area contributed by atoms with E-state index >= 15 is 0 Å². The van der Waals surface area contributed by atoms with E-state index in [4.69, 9.17) is 9.47 Å². The van der Waals surface area contributed by atoms with Gasteiger partial charge in [0.2, 0.25) is 0 Å². The molecule has 2 aromatic carbocycles. The van der Waals surface area contributed by atoms with Crippen molar-refractivity contribution in [2.24, 2.45) is 0 Å². The van der Waals surface area contributed by atoms with Gasteiger partial charge in [-0.25, -0.2) is 0 Å². The second-order valence-electron chi connectivity index (χ2n) is 6.90. The van der Waals surface area contributed by atoms with Crippen LogP contribution in [0.15, 0.2) is 48.5 Å². The van der Waals surface area contributed by atoms with Crippen molar-refractivity contribution in [3.05, 3.63) is 59.7 Å². The van der Waals surface area contributed by atoms with Crippen LogP contribution < -0.4 is 0 Å². The van der Waals surface area contributed by atoms with Gasteiger partial charge < -0.3 is 9.47 Å². The zero-order chi connectivity index (χ0) is 17.7. The molecule has 0 saturated carbocycles. The molecule has 2 rings (SSSR count). The minimum atomic E-state index is 0.121. The summed E-state index contributed by atoms with van der Waals surface area (Å²) in [6.45, 7) is 12.5. The Morgan fingerprint density at radius 3 is 1.04 bits per heavy atom. The fourth-order valence-corrected chi connectivity index (χ4v) is 2.87. The Bertz CT molecular complexity index is 554. The first-order chi connectivity index (χ1) is 11.4. The van der Waals surface area contributed by atoms with Crippen LogP contribution in [0, 0.1) is 0 Å². The van der Waals surface area contributed by atoms with E-state index in [2.05, 4.69) is 90.1 Å². The van der Waals surface area contributed by atoms with Gasteiger partial charge in [0.15, 0.2) is 0 Å². The van der Waals surface area contributed by atoms with Crippen molar-refractivity contribution in [3.8, 4) is 11.1 Å². The van der Waals surface area contributed by atoms with Crippen LogP contribution in [0.1, 0.15) is 64.9 Å². The van der Waals surface area contributed by atoms with E-state index in [1.165, 1.54) is 22.3 Å². The van der Waals surface area contributed by atoms with Crippen LogP contribution in [0.25, 0.3) is 11.1 Å². The average molecular weight is 326 g/mol.